The van der Waals surface area contributed by atoms with Gasteiger partial charge in [0.05, 0.1) is 17.3 Å². The average molecular weight is 524 g/mol. The third kappa shape index (κ3) is 5.47. The lowest BCUT2D eigenvalue weighted by atomic mass is 9.89. The third-order valence-electron chi connectivity index (χ3n) is 6.03. The molecule has 1 aromatic carbocycles. The fourth-order valence-corrected chi connectivity index (χ4v) is 4.95. The summed E-state index contributed by atoms with van der Waals surface area (Å²) in [6.07, 6.45) is 3.06. The van der Waals surface area contributed by atoms with Gasteiger partial charge in [-0.3, -0.25) is 4.79 Å². The summed E-state index contributed by atoms with van der Waals surface area (Å²) in [4.78, 5) is 20.2. The van der Waals surface area contributed by atoms with Crippen LogP contribution < -0.4 is 9.88 Å². The van der Waals surface area contributed by atoms with Gasteiger partial charge >= 0.3 is 5.97 Å². The molecule has 0 fully saturated rings. The maximum absolute atomic E-state index is 12.1. The van der Waals surface area contributed by atoms with E-state index in [2.05, 4.69) is 15.1 Å². The molecule has 11 heteroatoms. The van der Waals surface area contributed by atoms with E-state index < -0.39 is 21.5 Å². The highest BCUT2D eigenvalue weighted by molar-refractivity contribution is 7.89. The van der Waals surface area contributed by atoms with Crippen molar-refractivity contribution in [1.82, 2.24) is 19.7 Å². The number of sulfonamides is 1. The van der Waals surface area contributed by atoms with Gasteiger partial charge in [-0.15, -0.1) is 0 Å². The second-order valence-electron chi connectivity index (χ2n) is 9.72. The number of carbonyl (C=O) groups is 1. The molecule has 0 saturated heterocycles. The first-order valence-electron chi connectivity index (χ1n) is 11.7. The summed E-state index contributed by atoms with van der Waals surface area (Å²) >= 11 is 0. The quantitative estimate of drug-likeness (QED) is 0.337. The standard InChI is InChI=1S/C26H29N5O5S/c1-16(2)18-7-5-8-19(21(18)14-23(32)33)17-10-12-28-22(13-17)36-15-26(3,4)31-24-20(9-6-11-29-24)25(30-31)37(27,34)35/h5-13,16H,14-15H2,1-4H3,(H,32,33)(H2,27,34,35). The first-order chi connectivity index (χ1) is 17.4. The van der Waals surface area contributed by atoms with E-state index in [1.165, 1.54) is 4.68 Å². The molecule has 0 unspecified atom stereocenters. The molecule has 0 amide bonds. The molecule has 3 heterocycles. The smallest absolute Gasteiger partial charge is 0.307 e. The summed E-state index contributed by atoms with van der Waals surface area (Å²) in [7, 11) is -4.06. The van der Waals surface area contributed by atoms with Crippen molar-refractivity contribution >= 4 is 27.0 Å². The number of hydrogen-bond donors (Lipinski definition) is 2. The van der Waals surface area contributed by atoms with Gasteiger partial charge in [-0.05, 0) is 60.2 Å². The molecular weight excluding hydrogens is 494 g/mol. The number of rotatable bonds is 9. The van der Waals surface area contributed by atoms with Crippen molar-refractivity contribution in [3.63, 3.8) is 0 Å². The van der Waals surface area contributed by atoms with Gasteiger partial charge in [0.25, 0.3) is 10.0 Å². The van der Waals surface area contributed by atoms with Crippen LogP contribution in [0, 0.1) is 0 Å². The van der Waals surface area contributed by atoms with Crippen LogP contribution in [0.25, 0.3) is 22.2 Å². The lowest BCUT2D eigenvalue weighted by molar-refractivity contribution is -0.136. The zero-order valence-electron chi connectivity index (χ0n) is 21.0. The molecule has 0 aliphatic heterocycles. The second kappa shape index (κ2) is 9.91. The summed E-state index contributed by atoms with van der Waals surface area (Å²) in [5.74, 6) is -0.411. The summed E-state index contributed by atoms with van der Waals surface area (Å²) in [6, 6.07) is 12.6. The van der Waals surface area contributed by atoms with Gasteiger partial charge in [0.15, 0.2) is 5.65 Å². The molecule has 37 heavy (non-hydrogen) atoms. The number of nitrogens with zero attached hydrogens (tertiary/aromatic N) is 4. The van der Waals surface area contributed by atoms with Gasteiger partial charge in [0.2, 0.25) is 10.9 Å². The number of benzene rings is 1. The monoisotopic (exact) mass is 523 g/mol. The van der Waals surface area contributed by atoms with Crippen molar-refractivity contribution in [1.29, 1.82) is 0 Å². The Bertz CT molecular complexity index is 1580. The predicted molar refractivity (Wildman–Crippen MR) is 139 cm³/mol. The average Bonchev–Trinajstić information content (AvgIpc) is 3.24. The van der Waals surface area contributed by atoms with E-state index in [1.54, 1.807) is 30.6 Å². The van der Waals surface area contributed by atoms with Crippen LogP contribution in [-0.2, 0) is 26.8 Å². The van der Waals surface area contributed by atoms with Crippen molar-refractivity contribution in [2.45, 2.75) is 50.6 Å². The molecule has 0 radical (unpaired) electrons. The highest BCUT2D eigenvalue weighted by Gasteiger charge is 2.30. The number of primary sulfonamides is 1. The van der Waals surface area contributed by atoms with Crippen molar-refractivity contribution in [2.75, 3.05) is 6.61 Å². The molecule has 10 nitrogen and oxygen atoms in total. The van der Waals surface area contributed by atoms with Crippen LogP contribution >= 0.6 is 0 Å². The Balaban J connectivity index is 1.66. The van der Waals surface area contributed by atoms with Crippen molar-refractivity contribution in [3.8, 4) is 17.0 Å². The molecule has 0 saturated carbocycles. The van der Waals surface area contributed by atoms with Gasteiger partial charge in [-0.25, -0.2) is 28.2 Å². The van der Waals surface area contributed by atoms with Gasteiger partial charge < -0.3 is 9.84 Å². The van der Waals surface area contributed by atoms with E-state index >= 15 is 0 Å². The number of nitrogens with two attached hydrogens (primary N) is 1. The zero-order valence-corrected chi connectivity index (χ0v) is 21.9. The first kappa shape index (κ1) is 26.2. The Morgan fingerprint density at radius 3 is 2.57 bits per heavy atom. The van der Waals surface area contributed by atoms with Crippen LogP contribution in [0.4, 0.5) is 0 Å². The maximum atomic E-state index is 12.1. The number of hydrogen-bond acceptors (Lipinski definition) is 7. The van der Waals surface area contributed by atoms with Crippen LogP contribution in [0.3, 0.4) is 0 Å². The van der Waals surface area contributed by atoms with E-state index in [9.17, 15) is 18.3 Å². The summed E-state index contributed by atoms with van der Waals surface area (Å²) < 4.78 is 31.7. The third-order valence-corrected chi connectivity index (χ3v) is 6.87. The van der Waals surface area contributed by atoms with Gasteiger partial charge in [0.1, 0.15) is 6.61 Å². The van der Waals surface area contributed by atoms with Crippen LogP contribution in [0.2, 0.25) is 0 Å². The van der Waals surface area contributed by atoms with Crippen LogP contribution in [0.1, 0.15) is 44.7 Å². The minimum atomic E-state index is -4.06. The fourth-order valence-electron chi connectivity index (χ4n) is 4.29. The Morgan fingerprint density at radius 2 is 1.89 bits per heavy atom. The van der Waals surface area contributed by atoms with E-state index in [4.69, 9.17) is 9.88 Å². The number of ether oxygens (including phenoxy) is 1. The van der Waals surface area contributed by atoms with Crippen molar-refractivity contribution in [3.05, 3.63) is 66.0 Å². The fraction of sp³-hybridized carbons (Fsp3) is 0.308. The summed E-state index contributed by atoms with van der Waals surface area (Å²) in [6.45, 7) is 7.82. The minimum absolute atomic E-state index is 0.0921. The van der Waals surface area contributed by atoms with Crippen LogP contribution in [0.15, 0.2) is 59.9 Å². The number of carboxylic acids is 1. The molecule has 3 N–H and O–H groups in total. The largest absolute Gasteiger partial charge is 0.481 e. The second-order valence-corrected chi connectivity index (χ2v) is 11.2. The lowest BCUT2D eigenvalue weighted by Crippen LogP contribution is -2.35. The van der Waals surface area contributed by atoms with Gasteiger partial charge in [0, 0.05) is 18.5 Å². The molecule has 0 atom stereocenters. The lowest BCUT2D eigenvalue weighted by Gasteiger charge is -2.25. The molecule has 0 aliphatic carbocycles. The summed E-state index contributed by atoms with van der Waals surface area (Å²) in [5.41, 5.74) is 2.87. The highest BCUT2D eigenvalue weighted by atomic mass is 32.2. The Kier molecular flexibility index (Phi) is 7.03. The molecule has 194 valence electrons. The van der Waals surface area contributed by atoms with E-state index in [-0.39, 0.29) is 24.0 Å². The van der Waals surface area contributed by atoms with Crippen LogP contribution in [-0.4, -0.2) is 45.8 Å². The maximum Gasteiger partial charge on any atom is 0.307 e. The normalized spacial score (nSPS) is 12.3. The topological polar surface area (TPSA) is 150 Å². The SMILES string of the molecule is CC(C)c1cccc(-c2ccnc(OCC(C)(C)n3nc(S(N)(=O)=O)c4cccnc43)c2)c1CC(=O)O. The van der Waals surface area contributed by atoms with E-state index in [1.807, 2.05) is 52.0 Å². The highest BCUT2D eigenvalue weighted by Crippen LogP contribution is 2.32. The molecule has 4 aromatic rings. The Labute approximate surface area is 215 Å². The number of pyridine rings is 2. The van der Waals surface area contributed by atoms with E-state index in [0.29, 0.717) is 16.9 Å². The molecular formula is C26H29N5O5S. The van der Waals surface area contributed by atoms with Gasteiger partial charge in [-0.1, -0.05) is 32.0 Å². The Hall–Kier alpha value is -3.83. The summed E-state index contributed by atoms with van der Waals surface area (Å²) in [5, 5.41) is 19.2. The van der Waals surface area contributed by atoms with Gasteiger partial charge in [-0.2, -0.15) is 5.10 Å². The van der Waals surface area contributed by atoms with E-state index in [0.717, 1.165) is 22.3 Å². The zero-order chi connectivity index (χ0) is 27.0. The minimum Gasteiger partial charge on any atom is -0.481 e. The Morgan fingerprint density at radius 1 is 1.14 bits per heavy atom. The van der Waals surface area contributed by atoms with Crippen molar-refractivity contribution < 1.29 is 23.1 Å². The molecule has 0 aliphatic rings. The molecule has 3 aromatic heterocycles. The molecule has 0 spiro atoms. The molecule has 4 rings (SSSR count). The molecule has 0 bridgehead atoms. The number of carboxylic acid groups (broad SMARTS) is 1. The predicted octanol–water partition coefficient (Wildman–Crippen LogP) is 3.71. The van der Waals surface area contributed by atoms with Crippen LogP contribution in [0.5, 0.6) is 5.88 Å². The first-order valence-corrected chi connectivity index (χ1v) is 13.2. The van der Waals surface area contributed by atoms with Crippen molar-refractivity contribution in [2.24, 2.45) is 5.14 Å². The number of aliphatic carboxylic acids is 1. The number of fused-ring (bicyclic) bond motifs is 1. The number of aromatic nitrogens is 4.